The number of nitrogens with zero attached hydrogens (tertiary/aromatic N) is 2. The molecule has 2 rings (SSSR count). The minimum absolute atomic E-state index is 0.0704. The van der Waals surface area contributed by atoms with Gasteiger partial charge in [-0.3, -0.25) is 9.59 Å². The van der Waals surface area contributed by atoms with Gasteiger partial charge >= 0.3 is 0 Å². The summed E-state index contributed by atoms with van der Waals surface area (Å²) in [5.74, 6) is -0.839. The monoisotopic (exact) mass is 333 g/mol. The van der Waals surface area contributed by atoms with E-state index in [4.69, 9.17) is 4.42 Å². The third-order valence-electron chi connectivity index (χ3n) is 2.98. The van der Waals surface area contributed by atoms with Crippen LogP contribution < -0.4 is 0 Å². The van der Waals surface area contributed by atoms with E-state index in [0.717, 1.165) is 0 Å². The van der Waals surface area contributed by atoms with Crippen molar-refractivity contribution in [3.8, 4) is 0 Å². The molecule has 10 heteroatoms. The highest BCUT2D eigenvalue weighted by Crippen LogP contribution is 2.13. The molecule has 116 valence electrons. The SMILES string of the molecule is O=C(CSS(=O)(=O)[O-])N1CCN(C(=O)c2ccco2)CC1. The third kappa shape index (κ3) is 4.48. The lowest BCUT2D eigenvalue weighted by Crippen LogP contribution is -2.51. The van der Waals surface area contributed by atoms with Crippen LogP contribution in [0.1, 0.15) is 10.6 Å². The Balaban J connectivity index is 1.83. The summed E-state index contributed by atoms with van der Waals surface area (Å²) in [4.78, 5) is 26.7. The van der Waals surface area contributed by atoms with Crippen LogP contribution in [0.5, 0.6) is 0 Å². The first-order valence-electron chi connectivity index (χ1n) is 6.07. The quantitative estimate of drug-likeness (QED) is 0.552. The second-order valence-electron chi connectivity index (χ2n) is 4.32. The van der Waals surface area contributed by atoms with E-state index in [1.165, 1.54) is 11.2 Å². The molecule has 0 spiro atoms. The fourth-order valence-corrected chi connectivity index (χ4v) is 3.09. The highest BCUT2D eigenvalue weighted by molar-refractivity contribution is 8.70. The van der Waals surface area contributed by atoms with Crippen molar-refractivity contribution in [2.45, 2.75) is 0 Å². The Morgan fingerprint density at radius 3 is 2.38 bits per heavy atom. The molecule has 2 amide bonds. The number of hydrogen-bond donors (Lipinski definition) is 0. The summed E-state index contributed by atoms with van der Waals surface area (Å²) in [7, 11) is -4.40. The van der Waals surface area contributed by atoms with Crippen molar-refractivity contribution >= 4 is 31.8 Å². The minimum atomic E-state index is -4.47. The van der Waals surface area contributed by atoms with Crippen LogP contribution in [0.15, 0.2) is 22.8 Å². The molecule has 1 saturated heterocycles. The summed E-state index contributed by atoms with van der Waals surface area (Å²) in [6.45, 7) is 1.26. The molecular formula is C11H13N2O6S2-. The van der Waals surface area contributed by atoms with E-state index < -0.39 is 20.8 Å². The van der Waals surface area contributed by atoms with Gasteiger partial charge in [0.2, 0.25) is 5.91 Å². The lowest BCUT2D eigenvalue weighted by Gasteiger charge is -2.34. The average Bonchev–Trinajstić information content (AvgIpc) is 2.97. The Hall–Kier alpha value is -1.52. The van der Waals surface area contributed by atoms with Crippen LogP contribution in [0.2, 0.25) is 0 Å². The van der Waals surface area contributed by atoms with Gasteiger partial charge in [-0.05, 0) is 22.9 Å². The molecule has 1 fully saturated rings. The van der Waals surface area contributed by atoms with Gasteiger partial charge in [0.15, 0.2) is 5.76 Å². The van der Waals surface area contributed by atoms with E-state index >= 15 is 0 Å². The Kier molecular flexibility index (Phi) is 4.91. The maximum absolute atomic E-state index is 12.0. The summed E-state index contributed by atoms with van der Waals surface area (Å²) < 4.78 is 36.4. The number of carbonyl (C=O) groups excluding carboxylic acids is 2. The molecule has 0 unspecified atom stereocenters. The van der Waals surface area contributed by atoms with Gasteiger partial charge < -0.3 is 18.8 Å². The minimum Gasteiger partial charge on any atom is -0.739 e. The predicted octanol–water partition coefficient (Wildman–Crippen LogP) is -0.243. The number of amides is 2. The van der Waals surface area contributed by atoms with Crippen LogP contribution in [0.3, 0.4) is 0 Å². The van der Waals surface area contributed by atoms with Crippen LogP contribution >= 0.6 is 10.8 Å². The standard InChI is InChI=1S/C11H14N2O6S2/c14-10(8-20-21(16,17)18)12-3-5-13(6-4-12)11(15)9-2-1-7-19-9/h1-2,7H,3-6,8H2,(H,16,17,18)/p-1. The van der Waals surface area contributed by atoms with Crippen LogP contribution in [0.4, 0.5) is 0 Å². The first-order chi connectivity index (χ1) is 9.87. The molecule has 0 aromatic carbocycles. The summed E-state index contributed by atoms with van der Waals surface area (Å²) in [6, 6.07) is 3.18. The molecule has 1 aromatic heterocycles. The van der Waals surface area contributed by atoms with E-state index in [-0.39, 0.29) is 22.5 Å². The fourth-order valence-electron chi connectivity index (χ4n) is 1.93. The Labute approximate surface area is 125 Å². The molecule has 0 atom stereocenters. The van der Waals surface area contributed by atoms with E-state index in [1.54, 1.807) is 17.0 Å². The van der Waals surface area contributed by atoms with Gasteiger partial charge in [-0.25, -0.2) is 8.42 Å². The summed E-state index contributed by atoms with van der Waals surface area (Å²) in [6.07, 6.45) is 1.41. The zero-order chi connectivity index (χ0) is 15.5. The van der Waals surface area contributed by atoms with Crippen molar-refractivity contribution < 1.29 is 27.0 Å². The zero-order valence-corrected chi connectivity index (χ0v) is 12.6. The van der Waals surface area contributed by atoms with Crippen LogP contribution in [-0.2, 0) is 13.9 Å². The van der Waals surface area contributed by atoms with Crippen molar-refractivity contribution in [2.75, 3.05) is 31.9 Å². The number of furan rings is 1. The zero-order valence-electron chi connectivity index (χ0n) is 10.9. The van der Waals surface area contributed by atoms with Crippen molar-refractivity contribution in [2.24, 2.45) is 0 Å². The van der Waals surface area contributed by atoms with E-state index in [1.807, 2.05) is 0 Å². The van der Waals surface area contributed by atoms with Crippen molar-refractivity contribution in [3.63, 3.8) is 0 Å². The summed E-state index contributed by atoms with van der Waals surface area (Å²) in [5.41, 5.74) is 0. The average molecular weight is 333 g/mol. The molecule has 0 saturated carbocycles. The van der Waals surface area contributed by atoms with Gasteiger partial charge in [0, 0.05) is 26.2 Å². The van der Waals surface area contributed by atoms with E-state index in [9.17, 15) is 22.6 Å². The molecule has 0 bridgehead atoms. The fraction of sp³-hybridized carbons (Fsp3) is 0.455. The third-order valence-corrected chi connectivity index (χ3v) is 4.85. The summed E-state index contributed by atoms with van der Waals surface area (Å²) in [5, 5.41) is 0. The van der Waals surface area contributed by atoms with Gasteiger partial charge in [-0.15, -0.1) is 0 Å². The van der Waals surface area contributed by atoms with Crippen molar-refractivity contribution in [3.05, 3.63) is 24.2 Å². The maximum atomic E-state index is 12.0. The Bertz CT molecular complexity index is 605. The molecule has 0 radical (unpaired) electrons. The van der Waals surface area contributed by atoms with Crippen LogP contribution in [0, 0.1) is 0 Å². The van der Waals surface area contributed by atoms with Crippen LogP contribution in [0.25, 0.3) is 0 Å². The number of piperazine rings is 1. The lowest BCUT2D eigenvalue weighted by molar-refractivity contribution is -0.129. The Morgan fingerprint density at radius 2 is 1.86 bits per heavy atom. The van der Waals surface area contributed by atoms with E-state index in [0.29, 0.717) is 26.2 Å². The second kappa shape index (κ2) is 6.50. The van der Waals surface area contributed by atoms with Gasteiger partial charge in [-0.2, -0.15) is 0 Å². The van der Waals surface area contributed by atoms with Crippen molar-refractivity contribution in [1.82, 2.24) is 9.80 Å². The molecule has 0 N–H and O–H groups in total. The maximum Gasteiger partial charge on any atom is 0.289 e. The van der Waals surface area contributed by atoms with Gasteiger partial charge in [-0.1, -0.05) is 0 Å². The highest BCUT2D eigenvalue weighted by Gasteiger charge is 2.26. The largest absolute Gasteiger partial charge is 0.739 e. The molecule has 1 aliphatic heterocycles. The topological polar surface area (TPSA) is 111 Å². The van der Waals surface area contributed by atoms with Crippen LogP contribution in [-0.4, -0.2) is 66.5 Å². The smallest absolute Gasteiger partial charge is 0.289 e. The first-order valence-corrected chi connectivity index (χ1v) is 8.99. The van der Waals surface area contributed by atoms with Crippen molar-refractivity contribution in [1.29, 1.82) is 0 Å². The molecule has 2 heterocycles. The predicted molar refractivity (Wildman–Crippen MR) is 73.3 cm³/mol. The molecular weight excluding hydrogens is 320 g/mol. The lowest BCUT2D eigenvalue weighted by atomic mass is 10.3. The molecule has 0 aliphatic carbocycles. The highest BCUT2D eigenvalue weighted by atomic mass is 33.1. The second-order valence-corrected chi connectivity index (χ2v) is 7.59. The molecule has 1 aromatic rings. The summed E-state index contributed by atoms with van der Waals surface area (Å²) >= 11 is 0. The number of rotatable bonds is 4. The number of carbonyl (C=O) groups is 2. The number of hydrogen-bond acceptors (Lipinski definition) is 7. The normalized spacial score (nSPS) is 16.0. The van der Waals surface area contributed by atoms with E-state index in [2.05, 4.69) is 0 Å². The molecule has 21 heavy (non-hydrogen) atoms. The first kappa shape index (κ1) is 15.9. The molecule has 1 aliphatic rings. The van der Waals surface area contributed by atoms with Gasteiger partial charge in [0.05, 0.1) is 12.0 Å². The molecule has 8 nitrogen and oxygen atoms in total. The Morgan fingerprint density at radius 1 is 1.24 bits per heavy atom. The van der Waals surface area contributed by atoms with Gasteiger partial charge in [0.25, 0.3) is 5.91 Å². The van der Waals surface area contributed by atoms with Gasteiger partial charge in [0.1, 0.15) is 9.15 Å².